The summed E-state index contributed by atoms with van der Waals surface area (Å²) >= 11 is 0. The molecule has 0 atom stereocenters. The Morgan fingerprint density at radius 1 is 1.27 bits per heavy atom. The number of aliphatic imine (C=N–C) groups is 1. The van der Waals surface area contributed by atoms with Gasteiger partial charge in [0.15, 0.2) is 5.96 Å². The number of methoxy groups -OCH3 is 1. The second-order valence-corrected chi connectivity index (χ2v) is 6.29. The number of nitrogens with zero attached hydrogens (tertiary/aromatic N) is 1. The quantitative estimate of drug-likeness (QED) is 0.319. The number of carbonyl (C=O) groups excluding carboxylic acids is 1. The van der Waals surface area contributed by atoms with Gasteiger partial charge in [0.25, 0.3) is 0 Å². The van der Waals surface area contributed by atoms with Crippen molar-refractivity contribution in [2.75, 3.05) is 39.2 Å². The summed E-state index contributed by atoms with van der Waals surface area (Å²) in [5, 5.41) is 9.45. The van der Waals surface area contributed by atoms with Crippen LogP contribution in [0.5, 0.6) is 5.75 Å². The minimum atomic E-state index is 0.135. The van der Waals surface area contributed by atoms with Gasteiger partial charge in [-0.25, -0.2) is 0 Å². The molecule has 1 fully saturated rings. The van der Waals surface area contributed by atoms with Crippen molar-refractivity contribution < 1.29 is 14.3 Å². The second kappa shape index (κ2) is 11.4. The molecule has 26 heavy (non-hydrogen) atoms. The van der Waals surface area contributed by atoms with E-state index in [-0.39, 0.29) is 5.91 Å². The predicted molar refractivity (Wildman–Crippen MR) is 104 cm³/mol. The van der Waals surface area contributed by atoms with Gasteiger partial charge < -0.3 is 25.4 Å². The first kappa shape index (κ1) is 20.0. The Bertz CT molecular complexity index is 588. The first-order valence-electron chi connectivity index (χ1n) is 9.20. The molecule has 7 nitrogen and oxygen atoms in total. The van der Waals surface area contributed by atoms with E-state index in [1.807, 2.05) is 24.3 Å². The van der Waals surface area contributed by atoms with Crippen molar-refractivity contribution in [3.05, 3.63) is 24.3 Å². The zero-order chi connectivity index (χ0) is 18.6. The van der Waals surface area contributed by atoms with Crippen LogP contribution in [0.1, 0.15) is 32.1 Å². The minimum absolute atomic E-state index is 0.135. The topological polar surface area (TPSA) is 84.0 Å². The molecule has 0 aromatic heterocycles. The van der Waals surface area contributed by atoms with Crippen LogP contribution in [0.2, 0.25) is 0 Å². The summed E-state index contributed by atoms with van der Waals surface area (Å²) in [6.45, 7) is 1.99. The summed E-state index contributed by atoms with van der Waals surface area (Å²) in [7, 11) is 3.41. The predicted octanol–water partition coefficient (Wildman–Crippen LogP) is 2.15. The molecule has 144 valence electrons. The number of anilines is 1. The van der Waals surface area contributed by atoms with E-state index in [1.54, 1.807) is 14.2 Å². The maximum atomic E-state index is 11.7. The van der Waals surface area contributed by atoms with Gasteiger partial charge in [0, 0.05) is 57.9 Å². The number of guanidine groups is 1. The molecule has 2 rings (SSSR count). The Labute approximate surface area is 155 Å². The first-order chi connectivity index (χ1) is 12.7. The number of amides is 1. The molecule has 0 spiro atoms. The molecule has 3 N–H and O–H groups in total. The lowest BCUT2D eigenvalue weighted by Gasteiger charge is -2.13. The number of hydrogen-bond acceptors (Lipinski definition) is 4. The average Bonchev–Trinajstić information content (AvgIpc) is 3.45. The lowest BCUT2D eigenvalue weighted by Crippen LogP contribution is -2.32. The Morgan fingerprint density at radius 3 is 2.85 bits per heavy atom. The second-order valence-electron chi connectivity index (χ2n) is 6.29. The van der Waals surface area contributed by atoms with Crippen LogP contribution in [0.15, 0.2) is 29.3 Å². The normalized spacial score (nSPS) is 14.0. The SMILES string of the molecule is CN=C(NCCCC(=O)NC1CC1)Nc1cccc(OCCCOC)c1. The molecule has 0 aliphatic heterocycles. The fourth-order valence-corrected chi connectivity index (χ4v) is 2.36. The summed E-state index contributed by atoms with van der Waals surface area (Å²) in [6, 6.07) is 8.17. The van der Waals surface area contributed by atoms with Gasteiger partial charge in [-0.2, -0.15) is 0 Å². The van der Waals surface area contributed by atoms with Crippen LogP contribution in [0.4, 0.5) is 5.69 Å². The Kier molecular flexibility index (Phi) is 8.75. The van der Waals surface area contributed by atoms with E-state index in [9.17, 15) is 4.79 Å². The van der Waals surface area contributed by atoms with E-state index in [4.69, 9.17) is 9.47 Å². The zero-order valence-corrected chi connectivity index (χ0v) is 15.7. The van der Waals surface area contributed by atoms with E-state index in [0.29, 0.717) is 38.2 Å². The van der Waals surface area contributed by atoms with Crippen LogP contribution in [-0.4, -0.2) is 51.8 Å². The van der Waals surface area contributed by atoms with Crippen molar-refractivity contribution in [2.24, 2.45) is 4.99 Å². The number of nitrogens with one attached hydrogen (secondary N) is 3. The molecule has 0 saturated heterocycles. The van der Waals surface area contributed by atoms with Gasteiger partial charge in [0.05, 0.1) is 6.61 Å². The van der Waals surface area contributed by atoms with Crippen LogP contribution in [0.3, 0.4) is 0 Å². The Morgan fingerprint density at radius 2 is 2.12 bits per heavy atom. The molecule has 1 aromatic rings. The lowest BCUT2D eigenvalue weighted by atomic mass is 10.3. The molecular weight excluding hydrogens is 332 g/mol. The molecule has 0 bridgehead atoms. The maximum absolute atomic E-state index is 11.7. The van der Waals surface area contributed by atoms with Gasteiger partial charge >= 0.3 is 0 Å². The molecular formula is C19H30N4O3. The van der Waals surface area contributed by atoms with E-state index in [2.05, 4.69) is 20.9 Å². The minimum Gasteiger partial charge on any atom is -0.493 e. The van der Waals surface area contributed by atoms with Crippen LogP contribution in [-0.2, 0) is 9.53 Å². The maximum Gasteiger partial charge on any atom is 0.220 e. The van der Waals surface area contributed by atoms with Crippen LogP contribution in [0, 0.1) is 0 Å². The summed E-state index contributed by atoms with van der Waals surface area (Å²) < 4.78 is 10.7. The van der Waals surface area contributed by atoms with Gasteiger partial charge in [-0.1, -0.05) is 6.07 Å². The molecule has 0 unspecified atom stereocenters. The van der Waals surface area contributed by atoms with Crippen molar-refractivity contribution >= 4 is 17.6 Å². The van der Waals surface area contributed by atoms with Gasteiger partial charge in [-0.3, -0.25) is 9.79 Å². The number of hydrogen-bond donors (Lipinski definition) is 3. The van der Waals surface area contributed by atoms with E-state index in [1.165, 1.54) is 0 Å². The van der Waals surface area contributed by atoms with Crippen molar-refractivity contribution in [3.63, 3.8) is 0 Å². The Hall–Kier alpha value is -2.28. The molecule has 7 heteroatoms. The molecule has 1 saturated carbocycles. The van der Waals surface area contributed by atoms with Gasteiger partial charge in [-0.15, -0.1) is 0 Å². The molecule has 1 aliphatic carbocycles. The first-order valence-corrected chi connectivity index (χ1v) is 9.20. The largest absolute Gasteiger partial charge is 0.493 e. The number of carbonyl (C=O) groups is 1. The fraction of sp³-hybridized carbons (Fsp3) is 0.579. The van der Waals surface area contributed by atoms with E-state index in [0.717, 1.165) is 37.1 Å². The van der Waals surface area contributed by atoms with E-state index < -0.39 is 0 Å². The van der Waals surface area contributed by atoms with Crippen LogP contribution >= 0.6 is 0 Å². The molecule has 1 aromatic carbocycles. The summed E-state index contributed by atoms with van der Waals surface area (Å²) in [5.74, 6) is 1.61. The van der Waals surface area contributed by atoms with Crippen LogP contribution in [0.25, 0.3) is 0 Å². The van der Waals surface area contributed by atoms with Gasteiger partial charge in [0.1, 0.15) is 5.75 Å². The third-order valence-corrected chi connectivity index (χ3v) is 3.90. The van der Waals surface area contributed by atoms with E-state index >= 15 is 0 Å². The summed E-state index contributed by atoms with van der Waals surface area (Å²) in [4.78, 5) is 15.9. The standard InChI is InChI=1S/C19H30N4O3/c1-20-19(21-11-4-8-18(24)22-15-9-10-15)23-16-6-3-7-17(14-16)26-13-5-12-25-2/h3,6-7,14-15H,4-5,8-13H2,1-2H3,(H,22,24)(H2,20,21,23). The van der Waals surface area contributed by atoms with Crippen molar-refractivity contribution in [3.8, 4) is 5.75 Å². The molecule has 0 radical (unpaired) electrons. The molecule has 0 heterocycles. The highest BCUT2D eigenvalue weighted by molar-refractivity contribution is 5.93. The molecule has 1 amide bonds. The number of ether oxygens (including phenoxy) is 2. The van der Waals surface area contributed by atoms with Gasteiger partial charge in [0.2, 0.25) is 5.91 Å². The Balaban J connectivity index is 1.68. The zero-order valence-electron chi connectivity index (χ0n) is 15.7. The van der Waals surface area contributed by atoms with Crippen LogP contribution < -0.4 is 20.7 Å². The smallest absolute Gasteiger partial charge is 0.220 e. The number of rotatable bonds is 11. The van der Waals surface area contributed by atoms with Crippen molar-refractivity contribution in [1.82, 2.24) is 10.6 Å². The highest BCUT2D eigenvalue weighted by atomic mass is 16.5. The highest BCUT2D eigenvalue weighted by Gasteiger charge is 2.22. The summed E-state index contributed by atoms with van der Waals surface area (Å²) in [5.41, 5.74) is 0.897. The van der Waals surface area contributed by atoms with Gasteiger partial charge in [-0.05, 0) is 31.4 Å². The third kappa shape index (κ3) is 8.20. The lowest BCUT2D eigenvalue weighted by molar-refractivity contribution is -0.121. The number of benzene rings is 1. The third-order valence-electron chi connectivity index (χ3n) is 3.90. The monoisotopic (exact) mass is 362 g/mol. The van der Waals surface area contributed by atoms with Crippen molar-refractivity contribution in [1.29, 1.82) is 0 Å². The summed E-state index contributed by atoms with van der Waals surface area (Å²) in [6.07, 6.45) is 4.39. The highest BCUT2D eigenvalue weighted by Crippen LogP contribution is 2.19. The molecule has 1 aliphatic rings. The van der Waals surface area contributed by atoms with Crippen molar-refractivity contribution in [2.45, 2.75) is 38.1 Å². The average molecular weight is 362 g/mol. The fourth-order valence-electron chi connectivity index (χ4n) is 2.36.